The van der Waals surface area contributed by atoms with E-state index in [1.54, 1.807) is 19.1 Å². The molecule has 2 N–H and O–H groups in total. The summed E-state index contributed by atoms with van der Waals surface area (Å²) in [5.74, 6) is -0.335. The van der Waals surface area contributed by atoms with Gasteiger partial charge in [-0.05, 0) is 39.0 Å². The maximum absolute atomic E-state index is 11.5. The predicted molar refractivity (Wildman–Crippen MR) is 70.3 cm³/mol. The van der Waals surface area contributed by atoms with E-state index in [2.05, 4.69) is 18.7 Å². The van der Waals surface area contributed by atoms with Crippen LogP contribution in [-0.4, -0.2) is 25.7 Å². The van der Waals surface area contributed by atoms with Gasteiger partial charge in [-0.3, -0.25) is 0 Å². The average molecular weight is 236 g/mol. The Hall–Kier alpha value is -1.71. The highest BCUT2D eigenvalue weighted by molar-refractivity contribution is 5.92. The highest BCUT2D eigenvalue weighted by Crippen LogP contribution is 2.25. The average Bonchev–Trinajstić information content (AvgIpc) is 2.28. The topological polar surface area (TPSA) is 55.6 Å². The Morgan fingerprint density at radius 1 is 1.47 bits per heavy atom. The Morgan fingerprint density at radius 3 is 2.59 bits per heavy atom. The van der Waals surface area contributed by atoms with Gasteiger partial charge in [-0.1, -0.05) is 0 Å². The number of carbonyl (C=O) groups excluding carboxylic acids is 1. The largest absolute Gasteiger partial charge is 0.462 e. The maximum Gasteiger partial charge on any atom is 0.338 e. The molecule has 0 aliphatic heterocycles. The van der Waals surface area contributed by atoms with Crippen molar-refractivity contribution in [3.05, 3.63) is 23.8 Å². The molecule has 0 bridgehead atoms. The molecule has 0 unspecified atom stereocenters. The summed E-state index contributed by atoms with van der Waals surface area (Å²) in [6.07, 6.45) is 0. The number of rotatable bonds is 4. The number of benzene rings is 1. The highest BCUT2D eigenvalue weighted by atomic mass is 16.5. The second-order valence-corrected chi connectivity index (χ2v) is 4.20. The van der Waals surface area contributed by atoms with E-state index < -0.39 is 0 Å². The first-order valence-corrected chi connectivity index (χ1v) is 5.76. The van der Waals surface area contributed by atoms with Crippen LogP contribution in [0.5, 0.6) is 0 Å². The molecule has 0 aliphatic rings. The first-order chi connectivity index (χ1) is 7.97. The normalized spacial score (nSPS) is 10.4. The Labute approximate surface area is 102 Å². The van der Waals surface area contributed by atoms with Crippen LogP contribution in [0.1, 0.15) is 31.1 Å². The summed E-state index contributed by atoms with van der Waals surface area (Å²) in [6, 6.07) is 5.60. The monoisotopic (exact) mass is 236 g/mol. The zero-order valence-electron chi connectivity index (χ0n) is 10.9. The van der Waals surface area contributed by atoms with E-state index in [4.69, 9.17) is 10.5 Å². The smallest absolute Gasteiger partial charge is 0.338 e. The Balaban J connectivity index is 2.97. The SMILES string of the molecule is CCOC(=O)c1ccc(N(C)C(C)C)c(N)c1. The van der Waals surface area contributed by atoms with Gasteiger partial charge >= 0.3 is 5.97 Å². The van der Waals surface area contributed by atoms with Gasteiger partial charge in [0.15, 0.2) is 0 Å². The van der Waals surface area contributed by atoms with Crippen LogP contribution in [0.2, 0.25) is 0 Å². The number of anilines is 2. The van der Waals surface area contributed by atoms with Crippen LogP contribution >= 0.6 is 0 Å². The molecule has 4 nitrogen and oxygen atoms in total. The number of hydrogen-bond acceptors (Lipinski definition) is 4. The van der Waals surface area contributed by atoms with Crippen LogP contribution in [0.15, 0.2) is 18.2 Å². The molecule has 1 aromatic carbocycles. The number of ether oxygens (including phenoxy) is 1. The first kappa shape index (κ1) is 13.4. The molecular weight excluding hydrogens is 216 g/mol. The van der Waals surface area contributed by atoms with Crippen LogP contribution in [0, 0.1) is 0 Å². The minimum Gasteiger partial charge on any atom is -0.462 e. The summed E-state index contributed by atoms with van der Waals surface area (Å²) in [4.78, 5) is 13.6. The molecule has 1 rings (SSSR count). The van der Waals surface area contributed by atoms with E-state index in [9.17, 15) is 4.79 Å². The number of nitrogens with zero attached hydrogens (tertiary/aromatic N) is 1. The third-order valence-electron chi connectivity index (χ3n) is 2.69. The van der Waals surface area contributed by atoms with Crippen LogP contribution in [0.25, 0.3) is 0 Å². The number of nitrogens with two attached hydrogens (primary N) is 1. The van der Waals surface area contributed by atoms with E-state index in [1.165, 1.54) is 0 Å². The third-order valence-corrected chi connectivity index (χ3v) is 2.69. The van der Waals surface area contributed by atoms with Crippen molar-refractivity contribution in [1.29, 1.82) is 0 Å². The Morgan fingerprint density at radius 2 is 2.12 bits per heavy atom. The van der Waals surface area contributed by atoms with Crippen molar-refractivity contribution in [2.75, 3.05) is 24.3 Å². The van der Waals surface area contributed by atoms with Crippen molar-refractivity contribution in [2.45, 2.75) is 26.8 Å². The number of esters is 1. The van der Waals surface area contributed by atoms with Crippen molar-refractivity contribution >= 4 is 17.3 Å². The van der Waals surface area contributed by atoms with Crippen LogP contribution < -0.4 is 10.6 Å². The number of nitrogen functional groups attached to an aromatic ring is 1. The highest BCUT2D eigenvalue weighted by Gasteiger charge is 2.12. The van der Waals surface area contributed by atoms with Crippen molar-refractivity contribution in [3.63, 3.8) is 0 Å². The summed E-state index contributed by atoms with van der Waals surface area (Å²) in [6.45, 7) is 6.31. The van der Waals surface area contributed by atoms with Crippen molar-refractivity contribution in [2.24, 2.45) is 0 Å². The molecule has 0 aromatic heterocycles. The van der Waals surface area contributed by atoms with Gasteiger partial charge < -0.3 is 15.4 Å². The molecular formula is C13H20N2O2. The Kier molecular flexibility index (Phi) is 4.37. The van der Waals surface area contributed by atoms with Crippen molar-refractivity contribution in [1.82, 2.24) is 0 Å². The van der Waals surface area contributed by atoms with Gasteiger partial charge in [0.1, 0.15) is 0 Å². The molecule has 4 heteroatoms. The summed E-state index contributed by atoms with van der Waals surface area (Å²) in [7, 11) is 1.97. The van der Waals surface area contributed by atoms with E-state index in [1.807, 2.05) is 13.1 Å². The fourth-order valence-electron chi connectivity index (χ4n) is 1.50. The summed E-state index contributed by atoms with van der Waals surface area (Å²) >= 11 is 0. The van der Waals surface area contributed by atoms with Crippen LogP contribution in [0.3, 0.4) is 0 Å². The van der Waals surface area contributed by atoms with Crippen molar-refractivity contribution < 1.29 is 9.53 Å². The van der Waals surface area contributed by atoms with Crippen LogP contribution in [0.4, 0.5) is 11.4 Å². The van der Waals surface area contributed by atoms with Gasteiger partial charge in [-0.15, -0.1) is 0 Å². The van der Waals surface area contributed by atoms with Crippen LogP contribution in [-0.2, 0) is 4.74 Å². The third kappa shape index (κ3) is 3.12. The van der Waals surface area contributed by atoms with Gasteiger partial charge in [0, 0.05) is 13.1 Å². The first-order valence-electron chi connectivity index (χ1n) is 5.76. The summed E-state index contributed by atoms with van der Waals surface area (Å²) in [5, 5.41) is 0. The summed E-state index contributed by atoms with van der Waals surface area (Å²) in [5.41, 5.74) is 7.95. The standard InChI is InChI=1S/C13H20N2O2/c1-5-17-13(16)10-6-7-12(11(14)8-10)15(4)9(2)3/h6-9H,5,14H2,1-4H3. The van der Waals surface area contributed by atoms with Gasteiger partial charge in [0.2, 0.25) is 0 Å². The lowest BCUT2D eigenvalue weighted by Gasteiger charge is -2.25. The lowest BCUT2D eigenvalue weighted by molar-refractivity contribution is 0.0526. The number of carbonyl (C=O) groups is 1. The fraction of sp³-hybridized carbons (Fsp3) is 0.462. The van der Waals surface area contributed by atoms with E-state index in [0.717, 1.165) is 5.69 Å². The molecule has 0 radical (unpaired) electrons. The van der Waals surface area contributed by atoms with Gasteiger partial charge in [-0.2, -0.15) is 0 Å². The Bertz CT molecular complexity index is 402. The van der Waals surface area contributed by atoms with Gasteiger partial charge in [0.25, 0.3) is 0 Å². The molecule has 0 spiro atoms. The second kappa shape index (κ2) is 5.57. The molecule has 0 saturated carbocycles. The number of hydrogen-bond donors (Lipinski definition) is 1. The molecule has 0 aliphatic carbocycles. The zero-order valence-corrected chi connectivity index (χ0v) is 10.9. The zero-order chi connectivity index (χ0) is 13.0. The second-order valence-electron chi connectivity index (χ2n) is 4.20. The molecule has 17 heavy (non-hydrogen) atoms. The quantitative estimate of drug-likeness (QED) is 0.643. The molecule has 0 heterocycles. The van der Waals surface area contributed by atoms with Gasteiger partial charge in [-0.25, -0.2) is 4.79 Å². The minimum absolute atomic E-state index is 0.335. The maximum atomic E-state index is 11.5. The van der Waals surface area contributed by atoms with E-state index in [-0.39, 0.29) is 5.97 Å². The molecule has 1 aromatic rings. The van der Waals surface area contributed by atoms with E-state index >= 15 is 0 Å². The lowest BCUT2D eigenvalue weighted by atomic mass is 10.1. The minimum atomic E-state index is -0.335. The van der Waals surface area contributed by atoms with Crippen molar-refractivity contribution in [3.8, 4) is 0 Å². The lowest BCUT2D eigenvalue weighted by Crippen LogP contribution is -2.26. The molecule has 0 fully saturated rings. The molecule has 0 saturated heterocycles. The predicted octanol–water partition coefficient (Wildman–Crippen LogP) is 2.29. The summed E-state index contributed by atoms with van der Waals surface area (Å²) < 4.78 is 4.92. The molecule has 0 atom stereocenters. The van der Waals surface area contributed by atoms with Gasteiger partial charge in [0.05, 0.1) is 23.5 Å². The fourth-order valence-corrected chi connectivity index (χ4v) is 1.50. The molecule has 0 amide bonds. The molecule has 94 valence electrons. The van der Waals surface area contributed by atoms with E-state index in [0.29, 0.717) is 23.9 Å².